The van der Waals surface area contributed by atoms with Gasteiger partial charge in [0.1, 0.15) is 0 Å². The number of ether oxygens (including phenoxy) is 2. The molecule has 1 atom stereocenters. The Balaban J connectivity index is 0.00000392. The van der Waals surface area contributed by atoms with Crippen molar-refractivity contribution in [1.82, 2.24) is 10.2 Å². The van der Waals surface area contributed by atoms with Gasteiger partial charge in [0, 0.05) is 19.1 Å². The van der Waals surface area contributed by atoms with Crippen molar-refractivity contribution < 1.29 is 9.47 Å². The molecule has 1 fully saturated rings. The zero-order valence-corrected chi connectivity index (χ0v) is 19.9. The van der Waals surface area contributed by atoms with Gasteiger partial charge in [-0.3, -0.25) is 4.99 Å². The zero-order valence-electron chi connectivity index (χ0n) is 17.6. The summed E-state index contributed by atoms with van der Waals surface area (Å²) >= 11 is 0. The van der Waals surface area contributed by atoms with Gasteiger partial charge in [-0.1, -0.05) is 12.5 Å². The number of rotatable bonds is 10. The average Bonchev–Trinajstić information content (AvgIpc) is 2.69. The molecule has 7 heteroatoms. The van der Waals surface area contributed by atoms with Gasteiger partial charge in [-0.15, -0.1) is 24.0 Å². The van der Waals surface area contributed by atoms with E-state index in [1.807, 2.05) is 18.2 Å². The highest BCUT2D eigenvalue weighted by molar-refractivity contribution is 14.0. The molecule has 1 saturated heterocycles. The van der Waals surface area contributed by atoms with Gasteiger partial charge in [0.2, 0.25) is 0 Å². The second-order valence-electron chi connectivity index (χ2n) is 7.22. The van der Waals surface area contributed by atoms with Crippen molar-refractivity contribution in [2.75, 3.05) is 40.4 Å². The summed E-state index contributed by atoms with van der Waals surface area (Å²) in [5.41, 5.74) is 7.14. The minimum Gasteiger partial charge on any atom is -0.493 e. The van der Waals surface area contributed by atoms with Gasteiger partial charge in [-0.2, -0.15) is 0 Å². The van der Waals surface area contributed by atoms with Gasteiger partial charge in [-0.05, 0) is 69.8 Å². The van der Waals surface area contributed by atoms with E-state index in [0.29, 0.717) is 5.96 Å². The lowest BCUT2D eigenvalue weighted by Gasteiger charge is -2.33. The molecule has 1 heterocycles. The monoisotopic (exact) mass is 504 g/mol. The molecule has 0 aromatic heterocycles. The molecular formula is C21H37IN4O2. The smallest absolute Gasteiger partial charge is 0.188 e. The third kappa shape index (κ3) is 8.43. The fourth-order valence-corrected chi connectivity index (χ4v) is 3.54. The van der Waals surface area contributed by atoms with Gasteiger partial charge >= 0.3 is 0 Å². The highest BCUT2D eigenvalue weighted by Crippen LogP contribution is 2.27. The van der Waals surface area contributed by atoms with Gasteiger partial charge < -0.3 is 25.4 Å². The maximum atomic E-state index is 5.97. The minimum absolute atomic E-state index is 0. The number of methoxy groups -OCH3 is 2. The summed E-state index contributed by atoms with van der Waals surface area (Å²) in [5, 5.41) is 3.19. The van der Waals surface area contributed by atoms with Crippen LogP contribution in [0.2, 0.25) is 0 Å². The van der Waals surface area contributed by atoms with Crippen molar-refractivity contribution in [3.63, 3.8) is 0 Å². The van der Waals surface area contributed by atoms with E-state index in [9.17, 15) is 0 Å². The molecule has 2 rings (SSSR count). The molecular weight excluding hydrogens is 467 g/mol. The molecule has 1 aliphatic heterocycles. The molecule has 1 unspecified atom stereocenters. The molecule has 6 nitrogen and oxygen atoms in total. The Bertz CT molecular complexity index is 598. The zero-order chi connectivity index (χ0) is 19.5. The summed E-state index contributed by atoms with van der Waals surface area (Å²) in [6.45, 7) is 6.32. The highest BCUT2D eigenvalue weighted by Gasteiger charge is 2.16. The first-order valence-corrected chi connectivity index (χ1v) is 10.1. The third-order valence-electron chi connectivity index (χ3n) is 5.24. The van der Waals surface area contributed by atoms with Crippen LogP contribution in [0.15, 0.2) is 23.2 Å². The predicted molar refractivity (Wildman–Crippen MR) is 127 cm³/mol. The van der Waals surface area contributed by atoms with E-state index in [1.165, 1.54) is 44.3 Å². The summed E-state index contributed by atoms with van der Waals surface area (Å²) < 4.78 is 10.6. The number of piperidine rings is 1. The molecule has 0 saturated carbocycles. The summed E-state index contributed by atoms with van der Waals surface area (Å²) in [5.74, 6) is 2.02. The van der Waals surface area contributed by atoms with Crippen LogP contribution in [-0.4, -0.2) is 57.3 Å². The van der Waals surface area contributed by atoms with Gasteiger partial charge in [0.05, 0.1) is 14.2 Å². The number of halogens is 1. The van der Waals surface area contributed by atoms with Crippen LogP contribution >= 0.6 is 24.0 Å². The molecule has 160 valence electrons. The van der Waals surface area contributed by atoms with Crippen LogP contribution in [0.5, 0.6) is 11.5 Å². The van der Waals surface area contributed by atoms with Crippen LogP contribution < -0.4 is 20.5 Å². The first-order valence-electron chi connectivity index (χ1n) is 10.1. The predicted octanol–water partition coefficient (Wildman–Crippen LogP) is 3.42. The van der Waals surface area contributed by atoms with Gasteiger partial charge in [-0.25, -0.2) is 0 Å². The van der Waals surface area contributed by atoms with Crippen molar-refractivity contribution in [2.45, 2.75) is 51.5 Å². The van der Waals surface area contributed by atoms with E-state index < -0.39 is 0 Å². The van der Waals surface area contributed by atoms with Crippen LogP contribution in [0.3, 0.4) is 0 Å². The molecule has 1 aliphatic rings. The number of hydrogen-bond donors (Lipinski definition) is 2. The summed E-state index contributed by atoms with van der Waals surface area (Å²) in [4.78, 5) is 7.05. The Morgan fingerprint density at radius 1 is 1.21 bits per heavy atom. The maximum Gasteiger partial charge on any atom is 0.188 e. The number of guanidine groups is 1. The van der Waals surface area contributed by atoms with E-state index >= 15 is 0 Å². The Kier molecular flexibility index (Phi) is 12.3. The lowest BCUT2D eigenvalue weighted by Crippen LogP contribution is -2.38. The molecule has 0 aliphatic carbocycles. The highest BCUT2D eigenvalue weighted by atomic mass is 127. The Hall–Kier alpha value is -1.22. The molecule has 3 N–H and O–H groups in total. The van der Waals surface area contributed by atoms with Crippen molar-refractivity contribution in [3.05, 3.63) is 23.8 Å². The van der Waals surface area contributed by atoms with Crippen molar-refractivity contribution in [3.8, 4) is 11.5 Å². The molecule has 1 aromatic rings. The molecule has 0 amide bonds. The van der Waals surface area contributed by atoms with Crippen LogP contribution in [-0.2, 0) is 6.42 Å². The molecule has 1 aromatic carbocycles. The number of likely N-dealkylation sites (tertiary alicyclic amines) is 1. The summed E-state index contributed by atoms with van der Waals surface area (Å²) in [6, 6.07) is 6.70. The maximum absolute atomic E-state index is 5.97. The van der Waals surface area contributed by atoms with Crippen LogP contribution in [0.25, 0.3) is 0 Å². The molecule has 28 heavy (non-hydrogen) atoms. The number of aliphatic imine (C=N–C) groups is 1. The van der Waals surface area contributed by atoms with Crippen molar-refractivity contribution in [1.29, 1.82) is 0 Å². The van der Waals surface area contributed by atoms with E-state index in [2.05, 4.69) is 22.1 Å². The second-order valence-corrected chi connectivity index (χ2v) is 7.22. The quantitative estimate of drug-likeness (QED) is 0.221. The van der Waals surface area contributed by atoms with Crippen LogP contribution in [0.1, 0.15) is 44.6 Å². The molecule has 0 spiro atoms. The van der Waals surface area contributed by atoms with Gasteiger partial charge in [0.25, 0.3) is 0 Å². The standard InChI is InChI=1S/C21H36N4O2.HI/c1-17-8-4-6-14-25(17)15-7-5-12-23-21(22)24-13-11-18-9-10-19(26-2)20(16-18)27-3;/h9-10,16-17H,4-8,11-15H2,1-3H3,(H3,22,23,24);1H. The number of nitrogens with zero attached hydrogens (tertiary/aromatic N) is 2. The topological polar surface area (TPSA) is 72.1 Å². The Morgan fingerprint density at radius 2 is 2.00 bits per heavy atom. The third-order valence-corrected chi connectivity index (χ3v) is 5.24. The number of benzene rings is 1. The Labute approximate surface area is 187 Å². The van der Waals surface area contributed by atoms with E-state index in [0.717, 1.165) is 43.5 Å². The van der Waals surface area contributed by atoms with Crippen molar-refractivity contribution in [2.24, 2.45) is 10.7 Å². The fourth-order valence-electron chi connectivity index (χ4n) is 3.54. The van der Waals surface area contributed by atoms with Crippen molar-refractivity contribution >= 4 is 29.9 Å². The van der Waals surface area contributed by atoms with Crippen LogP contribution in [0, 0.1) is 0 Å². The number of unbranched alkanes of at least 4 members (excludes halogenated alkanes) is 1. The lowest BCUT2D eigenvalue weighted by atomic mass is 10.0. The van der Waals surface area contributed by atoms with E-state index in [4.69, 9.17) is 15.2 Å². The normalized spacial score (nSPS) is 17.7. The number of nitrogens with one attached hydrogen (secondary N) is 1. The first kappa shape index (κ1) is 24.8. The average molecular weight is 504 g/mol. The fraction of sp³-hybridized carbons (Fsp3) is 0.667. The number of nitrogens with two attached hydrogens (primary N) is 1. The summed E-state index contributed by atoms with van der Waals surface area (Å²) in [6.07, 6.45) is 7.19. The Morgan fingerprint density at radius 3 is 2.71 bits per heavy atom. The summed E-state index contributed by atoms with van der Waals surface area (Å²) in [7, 11) is 3.29. The number of hydrogen-bond acceptors (Lipinski definition) is 4. The van der Waals surface area contributed by atoms with Crippen LogP contribution in [0.4, 0.5) is 0 Å². The SMILES string of the molecule is COc1ccc(CCNC(N)=NCCCCN2CCCCC2C)cc1OC.I. The lowest BCUT2D eigenvalue weighted by molar-refractivity contribution is 0.158. The largest absolute Gasteiger partial charge is 0.493 e. The second kappa shape index (κ2) is 13.9. The van der Waals surface area contributed by atoms with E-state index in [-0.39, 0.29) is 24.0 Å². The molecule has 0 bridgehead atoms. The minimum atomic E-state index is 0. The van der Waals surface area contributed by atoms with Gasteiger partial charge in [0.15, 0.2) is 17.5 Å². The molecule has 0 radical (unpaired) electrons. The first-order chi connectivity index (χ1) is 13.1. The van der Waals surface area contributed by atoms with E-state index in [1.54, 1.807) is 14.2 Å².